The first-order valence-electron chi connectivity index (χ1n) is 7.43. The maximum atomic E-state index is 10.4. The lowest BCUT2D eigenvalue weighted by atomic mass is 10.0. The molecule has 0 radical (unpaired) electrons. The van der Waals surface area contributed by atoms with E-state index in [0.29, 0.717) is 0 Å². The minimum absolute atomic E-state index is 0.241. The molecular weight excluding hydrogens is 284 g/mol. The minimum atomic E-state index is -0.241. The molecule has 1 fully saturated rings. The number of carbonyl (C=O) groups is 4. The van der Waals surface area contributed by atoms with Gasteiger partial charge in [0.15, 0.2) is 0 Å². The first-order valence-corrected chi connectivity index (χ1v) is 7.43. The highest BCUT2D eigenvalue weighted by atomic mass is 16.2. The molecular formula is C16H22N2O4. The van der Waals surface area contributed by atoms with Crippen LogP contribution in [0.15, 0.2) is 24.3 Å². The highest BCUT2D eigenvalue weighted by Gasteiger charge is 2.17. The second kappa shape index (κ2) is 8.92. The topological polar surface area (TPSA) is 74.8 Å². The van der Waals surface area contributed by atoms with Gasteiger partial charge in [-0.1, -0.05) is 38.5 Å². The van der Waals surface area contributed by atoms with Crippen molar-refractivity contribution in [3.63, 3.8) is 0 Å². The number of likely N-dealkylation sites (N-methyl/N-ethyl adjacent to an activating group) is 2. The Morgan fingerprint density at radius 3 is 0.818 bits per heavy atom. The van der Waals surface area contributed by atoms with Crippen LogP contribution >= 0.6 is 0 Å². The zero-order valence-electron chi connectivity index (χ0n) is 13.1. The molecule has 22 heavy (non-hydrogen) atoms. The summed E-state index contributed by atoms with van der Waals surface area (Å²) in [6, 6.07) is 0. The molecule has 0 bridgehead atoms. The summed E-state index contributed by atoms with van der Waals surface area (Å²) in [5.41, 5.74) is 0. The van der Waals surface area contributed by atoms with Crippen LogP contribution < -0.4 is 0 Å². The van der Waals surface area contributed by atoms with E-state index in [9.17, 15) is 19.2 Å². The largest absolute Gasteiger partial charge is 0.279 e. The number of amides is 4. The van der Waals surface area contributed by atoms with E-state index in [1.54, 1.807) is 0 Å². The molecule has 0 saturated heterocycles. The summed E-state index contributed by atoms with van der Waals surface area (Å²) in [5, 5.41) is 0. The fourth-order valence-electron chi connectivity index (χ4n) is 2.01. The molecule has 2 heterocycles. The van der Waals surface area contributed by atoms with Crippen molar-refractivity contribution in [2.24, 2.45) is 0 Å². The van der Waals surface area contributed by atoms with Gasteiger partial charge in [0.25, 0.3) is 23.6 Å². The molecule has 3 aliphatic rings. The molecule has 0 aromatic rings. The SMILES string of the molecule is C1CCCCC1.CN1C(=O)C=CC1=O.CN1C(=O)C=CC1=O. The summed E-state index contributed by atoms with van der Waals surface area (Å²) in [6.45, 7) is 0. The first-order chi connectivity index (χ1) is 10.4. The summed E-state index contributed by atoms with van der Waals surface area (Å²) in [7, 11) is 2.90. The molecule has 1 aliphatic carbocycles. The monoisotopic (exact) mass is 306 g/mol. The number of imide groups is 2. The second-order valence-corrected chi connectivity index (χ2v) is 5.26. The van der Waals surface area contributed by atoms with E-state index in [2.05, 4.69) is 0 Å². The first kappa shape index (κ1) is 17.8. The molecule has 120 valence electrons. The van der Waals surface area contributed by atoms with Crippen LogP contribution in [0.4, 0.5) is 0 Å². The zero-order chi connectivity index (χ0) is 16.5. The molecule has 2 aliphatic heterocycles. The summed E-state index contributed by atoms with van der Waals surface area (Å²) < 4.78 is 0. The van der Waals surface area contributed by atoms with E-state index in [4.69, 9.17) is 0 Å². The van der Waals surface area contributed by atoms with Crippen LogP contribution in [0.25, 0.3) is 0 Å². The van der Waals surface area contributed by atoms with Gasteiger partial charge >= 0.3 is 0 Å². The summed E-state index contributed by atoms with van der Waals surface area (Å²) in [4.78, 5) is 43.7. The Balaban J connectivity index is 0.000000167. The van der Waals surface area contributed by atoms with Crippen LogP contribution in [0.1, 0.15) is 38.5 Å². The Bertz CT molecular complexity index is 417. The van der Waals surface area contributed by atoms with Gasteiger partial charge in [-0.2, -0.15) is 0 Å². The van der Waals surface area contributed by atoms with Crippen LogP contribution in [-0.2, 0) is 19.2 Å². The normalized spacial score (nSPS) is 19.9. The third-order valence-electron chi connectivity index (χ3n) is 3.56. The Kier molecular flexibility index (Phi) is 7.22. The molecule has 0 unspecified atom stereocenters. The maximum absolute atomic E-state index is 10.4. The average Bonchev–Trinajstić information content (AvgIpc) is 3.00. The molecule has 0 spiro atoms. The van der Waals surface area contributed by atoms with Gasteiger partial charge < -0.3 is 0 Å². The average molecular weight is 306 g/mol. The predicted molar refractivity (Wildman–Crippen MR) is 81.5 cm³/mol. The quantitative estimate of drug-likeness (QED) is 0.634. The highest BCUT2D eigenvalue weighted by Crippen LogP contribution is 2.15. The number of hydrogen-bond acceptors (Lipinski definition) is 4. The smallest absolute Gasteiger partial charge is 0.253 e. The lowest BCUT2D eigenvalue weighted by Crippen LogP contribution is -2.24. The van der Waals surface area contributed by atoms with E-state index in [1.807, 2.05) is 0 Å². The molecule has 3 rings (SSSR count). The van der Waals surface area contributed by atoms with E-state index < -0.39 is 0 Å². The third kappa shape index (κ3) is 5.63. The summed E-state index contributed by atoms with van der Waals surface area (Å²) in [6.07, 6.45) is 14.0. The molecule has 6 nitrogen and oxygen atoms in total. The van der Waals surface area contributed by atoms with Crippen molar-refractivity contribution >= 4 is 23.6 Å². The van der Waals surface area contributed by atoms with E-state index in [0.717, 1.165) is 9.80 Å². The summed E-state index contributed by atoms with van der Waals surface area (Å²) in [5.74, 6) is -0.963. The Hall–Kier alpha value is -2.24. The molecule has 1 saturated carbocycles. The third-order valence-corrected chi connectivity index (χ3v) is 3.56. The van der Waals surface area contributed by atoms with Crippen LogP contribution in [0.2, 0.25) is 0 Å². The van der Waals surface area contributed by atoms with Gasteiger partial charge in [0, 0.05) is 38.4 Å². The van der Waals surface area contributed by atoms with Crippen molar-refractivity contribution < 1.29 is 19.2 Å². The van der Waals surface area contributed by atoms with Crippen LogP contribution in [0.5, 0.6) is 0 Å². The molecule has 0 aromatic carbocycles. The van der Waals surface area contributed by atoms with Crippen molar-refractivity contribution in [3.05, 3.63) is 24.3 Å². The van der Waals surface area contributed by atoms with Crippen molar-refractivity contribution in [2.45, 2.75) is 38.5 Å². The van der Waals surface area contributed by atoms with Crippen molar-refractivity contribution in [1.29, 1.82) is 0 Å². The van der Waals surface area contributed by atoms with Gasteiger partial charge in [-0.05, 0) is 0 Å². The van der Waals surface area contributed by atoms with Gasteiger partial charge in [-0.15, -0.1) is 0 Å². The number of carbonyl (C=O) groups excluding carboxylic acids is 4. The molecule has 0 N–H and O–H groups in total. The second-order valence-electron chi connectivity index (χ2n) is 5.26. The van der Waals surface area contributed by atoms with Gasteiger partial charge in [0.2, 0.25) is 0 Å². The van der Waals surface area contributed by atoms with Gasteiger partial charge in [0.05, 0.1) is 0 Å². The van der Waals surface area contributed by atoms with E-state index in [1.165, 1.54) is 76.9 Å². The van der Waals surface area contributed by atoms with Crippen molar-refractivity contribution in [2.75, 3.05) is 14.1 Å². The molecule has 4 amide bonds. The lowest BCUT2D eigenvalue weighted by molar-refractivity contribution is -0.136. The maximum Gasteiger partial charge on any atom is 0.253 e. The number of hydrogen-bond donors (Lipinski definition) is 0. The van der Waals surface area contributed by atoms with Crippen LogP contribution in [0, 0.1) is 0 Å². The molecule has 6 heteroatoms. The van der Waals surface area contributed by atoms with Crippen molar-refractivity contribution in [1.82, 2.24) is 9.80 Å². The summed E-state index contributed by atoms with van der Waals surface area (Å²) >= 11 is 0. The van der Waals surface area contributed by atoms with E-state index >= 15 is 0 Å². The van der Waals surface area contributed by atoms with Gasteiger partial charge in [-0.25, -0.2) is 0 Å². The highest BCUT2D eigenvalue weighted by molar-refractivity contribution is 6.13. The molecule has 0 atom stereocenters. The van der Waals surface area contributed by atoms with Gasteiger partial charge in [-0.3, -0.25) is 29.0 Å². The number of rotatable bonds is 0. The minimum Gasteiger partial charge on any atom is -0.279 e. The fourth-order valence-corrected chi connectivity index (χ4v) is 2.01. The fraction of sp³-hybridized carbons (Fsp3) is 0.500. The van der Waals surface area contributed by atoms with E-state index in [-0.39, 0.29) is 23.6 Å². The Morgan fingerprint density at radius 2 is 0.727 bits per heavy atom. The van der Waals surface area contributed by atoms with Crippen LogP contribution in [-0.4, -0.2) is 47.5 Å². The van der Waals surface area contributed by atoms with Crippen LogP contribution in [0.3, 0.4) is 0 Å². The zero-order valence-corrected chi connectivity index (χ0v) is 13.1. The predicted octanol–water partition coefficient (Wildman–Crippen LogP) is 1.42. The molecule has 0 aromatic heterocycles. The number of nitrogens with zero attached hydrogens (tertiary/aromatic N) is 2. The van der Waals surface area contributed by atoms with Gasteiger partial charge in [0.1, 0.15) is 0 Å². The Labute approximate surface area is 130 Å². The Morgan fingerprint density at radius 1 is 0.545 bits per heavy atom. The standard InChI is InChI=1S/C6H12.2C5H5NO2/c1-2-4-6-5-3-1;2*1-6-4(7)2-3-5(6)8/h1-6H2;2*2-3H,1H3. The van der Waals surface area contributed by atoms with Crippen molar-refractivity contribution in [3.8, 4) is 0 Å². The lowest BCUT2D eigenvalue weighted by Gasteiger charge is -2.05.